The Hall–Kier alpha value is -2.30. The van der Waals surface area contributed by atoms with Crippen molar-refractivity contribution in [3.63, 3.8) is 0 Å². The normalized spacial score (nSPS) is 15.2. The quantitative estimate of drug-likeness (QED) is 0.835. The predicted molar refractivity (Wildman–Crippen MR) is 94.7 cm³/mol. The van der Waals surface area contributed by atoms with E-state index in [1.54, 1.807) is 7.11 Å². The third kappa shape index (κ3) is 3.45. The van der Waals surface area contributed by atoms with Gasteiger partial charge in [-0.2, -0.15) is 0 Å². The Morgan fingerprint density at radius 2 is 2.08 bits per heavy atom. The fourth-order valence-corrected chi connectivity index (χ4v) is 3.25. The number of benzene rings is 1. The number of esters is 1. The molecule has 1 N–H and O–H groups in total. The molecule has 1 aromatic carbocycles. The van der Waals surface area contributed by atoms with Crippen molar-refractivity contribution in [3.05, 3.63) is 29.8 Å². The minimum Gasteiger partial charge on any atom is -0.494 e. The van der Waals surface area contributed by atoms with Crippen LogP contribution in [0.3, 0.4) is 0 Å². The molecule has 0 saturated heterocycles. The van der Waals surface area contributed by atoms with Gasteiger partial charge >= 0.3 is 5.97 Å². The number of methoxy groups -OCH3 is 1. The number of rotatable bonds is 5. The van der Waals surface area contributed by atoms with E-state index in [2.05, 4.69) is 5.32 Å². The molecule has 1 aliphatic rings. The number of pyridine rings is 1. The highest BCUT2D eigenvalue weighted by molar-refractivity contribution is 6.00. The molecule has 0 spiro atoms. The monoisotopic (exact) mass is 328 g/mol. The van der Waals surface area contributed by atoms with Crippen LogP contribution in [0.1, 0.15) is 49.4 Å². The summed E-state index contributed by atoms with van der Waals surface area (Å²) in [6.07, 6.45) is 5.91. The van der Waals surface area contributed by atoms with Crippen LogP contribution in [-0.2, 0) is 4.74 Å². The molecule has 1 aliphatic carbocycles. The van der Waals surface area contributed by atoms with Gasteiger partial charge in [0.25, 0.3) is 0 Å². The molecular weight excluding hydrogens is 304 g/mol. The fraction of sp³-hybridized carbons (Fsp3) is 0.474. The molecule has 0 unspecified atom stereocenters. The first kappa shape index (κ1) is 16.6. The lowest BCUT2D eigenvalue weighted by Crippen LogP contribution is -2.24. The average molecular weight is 328 g/mol. The molecule has 128 valence electrons. The van der Waals surface area contributed by atoms with Gasteiger partial charge in [-0.15, -0.1) is 0 Å². The minimum absolute atomic E-state index is 0.340. The Morgan fingerprint density at radius 1 is 1.29 bits per heavy atom. The molecule has 24 heavy (non-hydrogen) atoms. The lowest BCUT2D eigenvalue weighted by molar-refractivity contribution is 0.0527. The van der Waals surface area contributed by atoms with Crippen molar-refractivity contribution >= 4 is 22.7 Å². The van der Waals surface area contributed by atoms with Gasteiger partial charge in [0, 0.05) is 11.4 Å². The molecule has 2 aromatic rings. The summed E-state index contributed by atoms with van der Waals surface area (Å²) in [5.41, 5.74) is 1.24. The maximum atomic E-state index is 12.4. The number of carbonyl (C=O) groups excluding carboxylic acids is 1. The van der Waals surface area contributed by atoms with Gasteiger partial charge in [-0.1, -0.05) is 31.4 Å². The zero-order chi connectivity index (χ0) is 16.9. The molecule has 0 atom stereocenters. The molecule has 0 aliphatic heterocycles. The molecule has 1 heterocycles. The third-order valence-corrected chi connectivity index (χ3v) is 4.47. The van der Waals surface area contributed by atoms with Crippen molar-refractivity contribution in [2.75, 3.05) is 19.0 Å². The van der Waals surface area contributed by atoms with Crippen LogP contribution in [0.15, 0.2) is 24.3 Å². The van der Waals surface area contributed by atoms with Gasteiger partial charge in [0.15, 0.2) is 0 Å². The summed E-state index contributed by atoms with van der Waals surface area (Å²) in [7, 11) is 1.63. The lowest BCUT2D eigenvalue weighted by atomic mass is 9.95. The van der Waals surface area contributed by atoms with E-state index in [1.807, 2.05) is 31.2 Å². The van der Waals surface area contributed by atoms with Crippen LogP contribution in [0.5, 0.6) is 5.75 Å². The maximum absolute atomic E-state index is 12.4. The SMILES string of the molecule is CCOC(=O)c1cc2cccc(OC)c2nc1NC1CCCCC1. The lowest BCUT2D eigenvalue weighted by Gasteiger charge is -2.24. The van der Waals surface area contributed by atoms with Crippen molar-refractivity contribution in [2.45, 2.75) is 45.1 Å². The second-order valence-corrected chi connectivity index (χ2v) is 6.12. The van der Waals surface area contributed by atoms with Gasteiger partial charge < -0.3 is 14.8 Å². The first-order chi connectivity index (χ1) is 11.7. The largest absolute Gasteiger partial charge is 0.494 e. The number of nitrogens with one attached hydrogen (secondary N) is 1. The number of carbonyl (C=O) groups is 1. The molecule has 0 radical (unpaired) electrons. The smallest absolute Gasteiger partial charge is 0.341 e. The number of para-hydroxylation sites is 1. The number of ether oxygens (including phenoxy) is 2. The zero-order valence-corrected chi connectivity index (χ0v) is 14.3. The van der Waals surface area contributed by atoms with Gasteiger partial charge in [0.05, 0.1) is 13.7 Å². The number of hydrogen-bond acceptors (Lipinski definition) is 5. The van der Waals surface area contributed by atoms with Gasteiger partial charge in [-0.05, 0) is 31.9 Å². The third-order valence-electron chi connectivity index (χ3n) is 4.47. The molecule has 5 nitrogen and oxygen atoms in total. The first-order valence-electron chi connectivity index (χ1n) is 8.64. The summed E-state index contributed by atoms with van der Waals surface area (Å²) in [4.78, 5) is 17.1. The maximum Gasteiger partial charge on any atom is 0.341 e. The number of aromatic nitrogens is 1. The van der Waals surface area contributed by atoms with Crippen LogP contribution in [0.4, 0.5) is 5.82 Å². The Balaban J connectivity index is 2.04. The summed E-state index contributed by atoms with van der Waals surface area (Å²) in [5.74, 6) is 0.958. The molecular formula is C19H24N2O3. The molecule has 0 bridgehead atoms. The first-order valence-corrected chi connectivity index (χ1v) is 8.64. The van der Waals surface area contributed by atoms with E-state index in [9.17, 15) is 4.79 Å². The molecule has 1 fully saturated rings. The minimum atomic E-state index is -0.340. The van der Waals surface area contributed by atoms with Crippen LogP contribution < -0.4 is 10.1 Å². The summed E-state index contributed by atoms with van der Waals surface area (Å²) >= 11 is 0. The number of hydrogen-bond donors (Lipinski definition) is 1. The Bertz CT molecular complexity index is 724. The van der Waals surface area contributed by atoms with E-state index in [-0.39, 0.29) is 5.97 Å². The molecule has 1 saturated carbocycles. The highest BCUT2D eigenvalue weighted by Crippen LogP contribution is 2.30. The Morgan fingerprint density at radius 3 is 2.79 bits per heavy atom. The van der Waals surface area contributed by atoms with Crippen LogP contribution in [0, 0.1) is 0 Å². The Labute approximate surface area is 142 Å². The molecule has 3 rings (SSSR count). The van der Waals surface area contributed by atoms with E-state index in [4.69, 9.17) is 14.5 Å². The summed E-state index contributed by atoms with van der Waals surface area (Å²) in [6.45, 7) is 2.15. The van der Waals surface area contributed by atoms with Crippen molar-refractivity contribution in [2.24, 2.45) is 0 Å². The topological polar surface area (TPSA) is 60.5 Å². The summed E-state index contributed by atoms with van der Waals surface area (Å²) in [5, 5.41) is 4.33. The highest BCUT2D eigenvalue weighted by atomic mass is 16.5. The number of fused-ring (bicyclic) bond motifs is 1. The van der Waals surface area contributed by atoms with Crippen LogP contribution in [-0.4, -0.2) is 30.7 Å². The van der Waals surface area contributed by atoms with Crippen molar-refractivity contribution in [1.82, 2.24) is 4.98 Å². The molecule has 0 amide bonds. The van der Waals surface area contributed by atoms with Crippen LogP contribution >= 0.6 is 0 Å². The summed E-state index contributed by atoms with van der Waals surface area (Å²) < 4.78 is 10.6. The molecule has 1 aromatic heterocycles. The van der Waals surface area contributed by atoms with E-state index in [0.29, 0.717) is 29.8 Å². The van der Waals surface area contributed by atoms with E-state index < -0.39 is 0 Å². The predicted octanol–water partition coefficient (Wildman–Crippen LogP) is 4.16. The van der Waals surface area contributed by atoms with Crippen LogP contribution in [0.25, 0.3) is 10.9 Å². The van der Waals surface area contributed by atoms with E-state index >= 15 is 0 Å². The van der Waals surface area contributed by atoms with Gasteiger partial charge in [-0.3, -0.25) is 0 Å². The number of anilines is 1. The van der Waals surface area contributed by atoms with Gasteiger partial charge in [-0.25, -0.2) is 9.78 Å². The van der Waals surface area contributed by atoms with Gasteiger partial charge in [0.1, 0.15) is 22.6 Å². The summed E-state index contributed by atoms with van der Waals surface area (Å²) in [6, 6.07) is 7.90. The standard InChI is InChI=1S/C19H24N2O3/c1-3-24-19(22)15-12-13-8-7-11-16(23-2)17(13)21-18(15)20-14-9-5-4-6-10-14/h7-8,11-12,14H,3-6,9-10H2,1-2H3,(H,20,21). The number of nitrogens with zero attached hydrogens (tertiary/aromatic N) is 1. The second-order valence-electron chi connectivity index (χ2n) is 6.12. The van der Waals surface area contributed by atoms with Gasteiger partial charge in [0.2, 0.25) is 0 Å². The second kappa shape index (κ2) is 7.51. The van der Waals surface area contributed by atoms with Crippen LogP contribution in [0.2, 0.25) is 0 Å². The van der Waals surface area contributed by atoms with E-state index in [0.717, 1.165) is 23.7 Å². The molecule has 5 heteroatoms. The van der Waals surface area contributed by atoms with Crippen molar-refractivity contribution in [3.8, 4) is 5.75 Å². The van der Waals surface area contributed by atoms with Crippen molar-refractivity contribution < 1.29 is 14.3 Å². The van der Waals surface area contributed by atoms with Crippen molar-refractivity contribution in [1.29, 1.82) is 0 Å². The average Bonchev–Trinajstić information content (AvgIpc) is 2.61. The highest BCUT2D eigenvalue weighted by Gasteiger charge is 2.21. The fourth-order valence-electron chi connectivity index (χ4n) is 3.25. The zero-order valence-electron chi connectivity index (χ0n) is 14.3. The van der Waals surface area contributed by atoms with E-state index in [1.165, 1.54) is 19.3 Å². The Kier molecular flexibility index (Phi) is 5.18.